The Kier molecular flexibility index (Phi) is 7.20. The van der Waals surface area contributed by atoms with Gasteiger partial charge in [-0.2, -0.15) is 0 Å². The number of ether oxygens (including phenoxy) is 1. The molecule has 3 heteroatoms. The molecule has 108 valence electrons. The van der Waals surface area contributed by atoms with Crippen molar-refractivity contribution >= 4 is 0 Å². The molecule has 0 radical (unpaired) electrons. The average molecular weight is 256 g/mol. The molecular formula is C15H32N2O. The van der Waals surface area contributed by atoms with E-state index >= 15 is 0 Å². The maximum Gasteiger partial charge on any atom is 0.0576 e. The Hall–Kier alpha value is -0.120. The van der Waals surface area contributed by atoms with Crippen LogP contribution in [0.2, 0.25) is 0 Å². The Bertz CT molecular complexity index is 202. The Morgan fingerprint density at radius 3 is 2.44 bits per heavy atom. The fraction of sp³-hybridized carbons (Fsp3) is 1.00. The van der Waals surface area contributed by atoms with E-state index in [2.05, 4.69) is 25.7 Å². The molecule has 3 nitrogen and oxygen atoms in total. The van der Waals surface area contributed by atoms with Gasteiger partial charge in [0.05, 0.1) is 6.10 Å². The molecule has 1 aliphatic rings. The van der Waals surface area contributed by atoms with Crippen LogP contribution >= 0.6 is 0 Å². The van der Waals surface area contributed by atoms with Crippen LogP contribution in [-0.2, 0) is 4.74 Å². The van der Waals surface area contributed by atoms with E-state index in [9.17, 15) is 0 Å². The minimum absolute atomic E-state index is 0.214. The number of nitrogens with zero attached hydrogens (tertiary/aromatic N) is 1. The van der Waals surface area contributed by atoms with E-state index in [-0.39, 0.29) is 5.54 Å². The molecule has 0 bridgehead atoms. The Labute approximate surface area is 113 Å². The summed E-state index contributed by atoms with van der Waals surface area (Å²) in [6, 6.07) is 0. The molecule has 0 saturated carbocycles. The van der Waals surface area contributed by atoms with Gasteiger partial charge >= 0.3 is 0 Å². The normalized spacial score (nSPS) is 20.8. The van der Waals surface area contributed by atoms with Crippen LogP contribution in [0.4, 0.5) is 0 Å². The summed E-state index contributed by atoms with van der Waals surface area (Å²) in [6.45, 7) is 10.8. The molecule has 18 heavy (non-hydrogen) atoms. The quantitative estimate of drug-likeness (QED) is 0.689. The van der Waals surface area contributed by atoms with Crippen molar-refractivity contribution in [2.24, 2.45) is 5.73 Å². The smallest absolute Gasteiger partial charge is 0.0576 e. The SMILES string of the molecule is CCN(CCCC1CCCO1)C(CC)(CC)CN. The first kappa shape index (κ1) is 15.9. The Morgan fingerprint density at radius 1 is 1.28 bits per heavy atom. The molecule has 1 unspecified atom stereocenters. The zero-order chi connectivity index (χ0) is 13.4. The highest BCUT2D eigenvalue weighted by Gasteiger charge is 2.30. The molecule has 0 aromatic carbocycles. The number of nitrogens with two attached hydrogens (primary N) is 1. The van der Waals surface area contributed by atoms with Gasteiger partial charge < -0.3 is 10.5 Å². The summed E-state index contributed by atoms with van der Waals surface area (Å²) < 4.78 is 5.69. The van der Waals surface area contributed by atoms with Crippen molar-refractivity contribution in [2.75, 3.05) is 26.2 Å². The zero-order valence-electron chi connectivity index (χ0n) is 12.6. The summed E-state index contributed by atoms with van der Waals surface area (Å²) >= 11 is 0. The second kappa shape index (κ2) is 8.13. The van der Waals surface area contributed by atoms with Crippen molar-refractivity contribution < 1.29 is 4.74 Å². The van der Waals surface area contributed by atoms with Crippen molar-refractivity contribution in [1.82, 2.24) is 4.90 Å². The van der Waals surface area contributed by atoms with Gasteiger partial charge in [0.15, 0.2) is 0 Å². The van der Waals surface area contributed by atoms with Gasteiger partial charge in [-0.1, -0.05) is 20.8 Å². The fourth-order valence-electron chi connectivity index (χ4n) is 3.23. The molecule has 0 amide bonds. The predicted octanol–water partition coefficient (Wildman–Crippen LogP) is 2.79. The summed E-state index contributed by atoms with van der Waals surface area (Å²) in [5.74, 6) is 0. The van der Waals surface area contributed by atoms with Crippen LogP contribution in [0.5, 0.6) is 0 Å². The van der Waals surface area contributed by atoms with Crippen LogP contribution < -0.4 is 5.73 Å². The van der Waals surface area contributed by atoms with E-state index in [0.717, 1.165) is 39.1 Å². The molecule has 0 aromatic rings. The van der Waals surface area contributed by atoms with Crippen molar-refractivity contribution in [3.8, 4) is 0 Å². The van der Waals surface area contributed by atoms with Gasteiger partial charge in [-0.05, 0) is 51.6 Å². The van der Waals surface area contributed by atoms with Gasteiger partial charge in [0.1, 0.15) is 0 Å². The number of rotatable bonds is 9. The summed E-state index contributed by atoms with van der Waals surface area (Å²) in [5, 5.41) is 0. The van der Waals surface area contributed by atoms with Gasteiger partial charge in [0, 0.05) is 18.7 Å². The third kappa shape index (κ3) is 3.94. The minimum atomic E-state index is 0.214. The highest BCUT2D eigenvalue weighted by atomic mass is 16.5. The lowest BCUT2D eigenvalue weighted by Crippen LogP contribution is -2.53. The summed E-state index contributed by atoms with van der Waals surface area (Å²) in [6.07, 6.45) is 7.78. The van der Waals surface area contributed by atoms with Crippen molar-refractivity contribution in [2.45, 2.75) is 70.9 Å². The van der Waals surface area contributed by atoms with Gasteiger partial charge in [0.25, 0.3) is 0 Å². The standard InChI is InChI=1S/C15H32N2O/c1-4-15(5-2,13-16)17(6-3)11-7-9-14-10-8-12-18-14/h14H,4-13,16H2,1-3H3. The fourth-order valence-corrected chi connectivity index (χ4v) is 3.23. The van der Waals surface area contributed by atoms with Crippen molar-refractivity contribution in [1.29, 1.82) is 0 Å². The maximum atomic E-state index is 6.03. The molecule has 1 saturated heterocycles. The Balaban J connectivity index is 2.39. The van der Waals surface area contributed by atoms with Crippen LogP contribution in [0.3, 0.4) is 0 Å². The molecule has 1 rings (SSSR count). The van der Waals surface area contributed by atoms with E-state index in [1.807, 2.05) is 0 Å². The summed E-state index contributed by atoms with van der Waals surface area (Å²) in [7, 11) is 0. The number of hydrogen-bond donors (Lipinski definition) is 1. The molecular weight excluding hydrogens is 224 g/mol. The molecule has 2 N–H and O–H groups in total. The van der Waals surface area contributed by atoms with Crippen LogP contribution in [0.1, 0.15) is 59.3 Å². The van der Waals surface area contributed by atoms with Crippen LogP contribution in [0.15, 0.2) is 0 Å². The third-order valence-corrected chi connectivity index (χ3v) is 4.73. The van der Waals surface area contributed by atoms with Gasteiger partial charge in [0.2, 0.25) is 0 Å². The lowest BCUT2D eigenvalue weighted by molar-refractivity contribution is 0.0711. The highest BCUT2D eigenvalue weighted by molar-refractivity contribution is 4.89. The molecule has 1 aliphatic heterocycles. The zero-order valence-corrected chi connectivity index (χ0v) is 12.6. The van der Waals surface area contributed by atoms with Crippen molar-refractivity contribution in [3.63, 3.8) is 0 Å². The average Bonchev–Trinajstić information content (AvgIpc) is 2.92. The van der Waals surface area contributed by atoms with E-state index < -0.39 is 0 Å². The lowest BCUT2D eigenvalue weighted by Gasteiger charge is -2.42. The van der Waals surface area contributed by atoms with E-state index in [1.165, 1.54) is 25.7 Å². The monoisotopic (exact) mass is 256 g/mol. The maximum absolute atomic E-state index is 6.03. The van der Waals surface area contributed by atoms with E-state index in [1.54, 1.807) is 0 Å². The predicted molar refractivity (Wildman–Crippen MR) is 77.8 cm³/mol. The summed E-state index contributed by atoms with van der Waals surface area (Å²) in [4.78, 5) is 2.59. The molecule has 1 atom stereocenters. The van der Waals surface area contributed by atoms with Crippen LogP contribution in [-0.4, -0.2) is 42.8 Å². The van der Waals surface area contributed by atoms with Gasteiger partial charge in [-0.15, -0.1) is 0 Å². The largest absolute Gasteiger partial charge is 0.378 e. The molecule has 1 heterocycles. The Morgan fingerprint density at radius 2 is 2.00 bits per heavy atom. The molecule has 0 aromatic heterocycles. The van der Waals surface area contributed by atoms with Gasteiger partial charge in [-0.3, -0.25) is 4.90 Å². The molecule has 1 fully saturated rings. The minimum Gasteiger partial charge on any atom is -0.378 e. The van der Waals surface area contributed by atoms with Crippen LogP contribution in [0.25, 0.3) is 0 Å². The first-order valence-corrected chi connectivity index (χ1v) is 7.79. The number of hydrogen-bond acceptors (Lipinski definition) is 3. The lowest BCUT2D eigenvalue weighted by atomic mass is 9.90. The highest BCUT2D eigenvalue weighted by Crippen LogP contribution is 2.24. The third-order valence-electron chi connectivity index (χ3n) is 4.73. The second-order valence-corrected chi connectivity index (χ2v) is 5.49. The first-order valence-electron chi connectivity index (χ1n) is 7.79. The van der Waals surface area contributed by atoms with Crippen molar-refractivity contribution in [3.05, 3.63) is 0 Å². The number of likely N-dealkylation sites (N-methyl/N-ethyl adjacent to an activating group) is 1. The van der Waals surface area contributed by atoms with Gasteiger partial charge in [-0.25, -0.2) is 0 Å². The molecule has 0 aliphatic carbocycles. The second-order valence-electron chi connectivity index (χ2n) is 5.49. The summed E-state index contributed by atoms with van der Waals surface area (Å²) in [5.41, 5.74) is 6.25. The molecule has 0 spiro atoms. The van der Waals surface area contributed by atoms with Crippen LogP contribution in [0, 0.1) is 0 Å². The topological polar surface area (TPSA) is 38.5 Å². The van der Waals surface area contributed by atoms with E-state index in [4.69, 9.17) is 10.5 Å². The van der Waals surface area contributed by atoms with E-state index in [0.29, 0.717) is 6.10 Å². The first-order chi connectivity index (χ1) is 8.72.